The van der Waals surface area contributed by atoms with Gasteiger partial charge in [-0.3, -0.25) is 4.98 Å². The molecule has 1 aromatic carbocycles. The van der Waals surface area contributed by atoms with E-state index in [0.29, 0.717) is 12.4 Å². The second-order valence-electron chi connectivity index (χ2n) is 5.22. The molecule has 0 aliphatic heterocycles. The molecule has 0 aliphatic carbocycles. The molecule has 0 saturated heterocycles. The second kappa shape index (κ2) is 6.48. The van der Waals surface area contributed by atoms with E-state index in [0.717, 1.165) is 28.5 Å². The lowest BCUT2D eigenvalue weighted by atomic mass is 10.2. The van der Waals surface area contributed by atoms with E-state index in [4.69, 9.17) is 4.74 Å². The van der Waals surface area contributed by atoms with Gasteiger partial charge in [0.25, 0.3) is 0 Å². The molecule has 0 aliphatic rings. The largest absolute Gasteiger partial charge is 0.494 e. The van der Waals surface area contributed by atoms with Crippen molar-refractivity contribution in [1.82, 2.24) is 19.7 Å². The zero-order chi connectivity index (χ0) is 16.2. The van der Waals surface area contributed by atoms with Crippen LogP contribution in [0.3, 0.4) is 0 Å². The highest BCUT2D eigenvalue weighted by molar-refractivity contribution is 5.60. The third-order valence-electron chi connectivity index (χ3n) is 3.50. The van der Waals surface area contributed by atoms with Gasteiger partial charge in [-0.1, -0.05) is 18.2 Å². The van der Waals surface area contributed by atoms with E-state index in [1.165, 1.54) is 0 Å². The lowest BCUT2D eigenvalue weighted by Gasteiger charge is -2.13. The standard InChI is InChI=1S/C17H19N5O/c1-12-9-15(23-3)17(13(2)20-12)18-10-16-19-11-22(21-16)14-7-5-4-6-8-14/h4-9,11,18H,10H2,1-3H3. The van der Waals surface area contributed by atoms with Gasteiger partial charge in [0, 0.05) is 11.8 Å². The average Bonchev–Trinajstić information content (AvgIpc) is 3.03. The number of aromatic nitrogens is 4. The van der Waals surface area contributed by atoms with Crippen LogP contribution in [0.1, 0.15) is 17.2 Å². The number of benzene rings is 1. The number of rotatable bonds is 5. The van der Waals surface area contributed by atoms with Crippen LogP contribution in [-0.2, 0) is 6.54 Å². The quantitative estimate of drug-likeness (QED) is 0.785. The van der Waals surface area contributed by atoms with Crippen LogP contribution in [0.2, 0.25) is 0 Å². The van der Waals surface area contributed by atoms with Crippen LogP contribution < -0.4 is 10.1 Å². The van der Waals surface area contributed by atoms with Crippen LogP contribution in [0.25, 0.3) is 5.69 Å². The van der Waals surface area contributed by atoms with E-state index >= 15 is 0 Å². The van der Waals surface area contributed by atoms with Crippen molar-refractivity contribution in [2.75, 3.05) is 12.4 Å². The molecule has 0 fully saturated rings. The maximum Gasteiger partial charge on any atom is 0.170 e. The van der Waals surface area contributed by atoms with E-state index in [2.05, 4.69) is 20.4 Å². The number of hydrogen-bond acceptors (Lipinski definition) is 5. The van der Waals surface area contributed by atoms with Gasteiger partial charge >= 0.3 is 0 Å². The molecule has 118 valence electrons. The number of aryl methyl sites for hydroxylation is 2. The number of ether oxygens (including phenoxy) is 1. The Kier molecular flexibility index (Phi) is 4.23. The molecule has 0 saturated carbocycles. The van der Waals surface area contributed by atoms with Crippen molar-refractivity contribution in [3.05, 3.63) is 59.9 Å². The monoisotopic (exact) mass is 309 g/mol. The Morgan fingerprint density at radius 2 is 1.96 bits per heavy atom. The van der Waals surface area contributed by atoms with Gasteiger partial charge in [-0.05, 0) is 26.0 Å². The van der Waals surface area contributed by atoms with Gasteiger partial charge in [-0.2, -0.15) is 0 Å². The maximum atomic E-state index is 5.42. The first kappa shape index (κ1) is 15.0. The summed E-state index contributed by atoms with van der Waals surface area (Å²) in [5.74, 6) is 1.48. The highest BCUT2D eigenvalue weighted by Gasteiger charge is 2.10. The molecule has 3 rings (SSSR count). The smallest absolute Gasteiger partial charge is 0.170 e. The number of pyridine rings is 1. The molecule has 6 heteroatoms. The Bertz CT molecular complexity index is 798. The molecule has 1 N–H and O–H groups in total. The van der Waals surface area contributed by atoms with Gasteiger partial charge in [-0.15, -0.1) is 5.10 Å². The Morgan fingerprint density at radius 3 is 2.70 bits per heavy atom. The van der Waals surface area contributed by atoms with Crippen molar-refractivity contribution in [3.63, 3.8) is 0 Å². The average molecular weight is 309 g/mol. The Morgan fingerprint density at radius 1 is 1.17 bits per heavy atom. The van der Waals surface area contributed by atoms with E-state index in [1.54, 1.807) is 18.1 Å². The van der Waals surface area contributed by atoms with Crippen molar-refractivity contribution in [3.8, 4) is 11.4 Å². The first-order valence-corrected chi connectivity index (χ1v) is 7.39. The van der Waals surface area contributed by atoms with Crippen LogP contribution >= 0.6 is 0 Å². The Labute approximate surface area is 135 Å². The van der Waals surface area contributed by atoms with Crippen LogP contribution in [0, 0.1) is 13.8 Å². The fourth-order valence-corrected chi connectivity index (χ4v) is 2.42. The van der Waals surface area contributed by atoms with Crippen LogP contribution in [0.5, 0.6) is 5.75 Å². The van der Waals surface area contributed by atoms with E-state index in [-0.39, 0.29) is 0 Å². The van der Waals surface area contributed by atoms with Crippen LogP contribution in [-0.4, -0.2) is 26.9 Å². The van der Waals surface area contributed by atoms with Gasteiger partial charge in [0.2, 0.25) is 0 Å². The first-order valence-electron chi connectivity index (χ1n) is 7.39. The van der Waals surface area contributed by atoms with Crippen molar-refractivity contribution < 1.29 is 4.74 Å². The highest BCUT2D eigenvalue weighted by Crippen LogP contribution is 2.27. The zero-order valence-corrected chi connectivity index (χ0v) is 13.4. The lowest BCUT2D eigenvalue weighted by molar-refractivity contribution is 0.415. The minimum atomic E-state index is 0.502. The molecule has 0 spiro atoms. The number of anilines is 1. The van der Waals surface area contributed by atoms with E-state index < -0.39 is 0 Å². The summed E-state index contributed by atoms with van der Waals surface area (Å²) in [4.78, 5) is 8.80. The molecule has 2 heterocycles. The topological polar surface area (TPSA) is 64.9 Å². The summed E-state index contributed by atoms with van der Waals surface area (Å²) in [7, 11) is 1.65. The van der Waals surface area contributed by atoms with Crippen molar-refractivity contribution >= 4 is 5.69 Å². The summed E-state index contributed by atoms with van der Waals surface area (Å²) >= 11 is 0. The van der Waals surface area contributed by atoms with Gasteiger partial charge < -0.3 is 10.1 Å². The van der Waals surface area contributed by atoms with E-state index in [9.17, 15) is 0 Å². The predicted octanol–water partition coefficient (Wildman–Crippen LogP) is 2.90. The van der Waals surface area contributed by atoms with Crippen LogP contribution in [0.4, 0.5) is 5.69 Å². The number of para-hydroxylation sites is 1. The Hall–Kier alpha value is -2.89. The molecule has 0 unspecified atom stereocenters. The van der Waals surface area contributed by atoms with Crippen LogP contribution in [0.15, 0.2) is 42.7 Å². The third-order valence-corrected chi connectivity index (χ3v) is 3.50. The molecule has 0 amide bonds. The van der Waals surface area contributed by atoms with Crippen molar-refractivity contribution in [1.29, 1.82) is 0 Å². The van der Waals surface area contributed by atoms with Gasteiger partial charge in [-0.25, -0.2) is 9.67 Å². The predicted molar refractivity (Wildman–Crippen MR) is 88.9 cm³/mol. The zero-order valence-electron chi connectivity index (χ0n) is 13.4. The number of methoxy groups -OCH3 is 1. The number of nitrogens with one attached hydrogen (secondary N) is 1. The SMILES string of the molecule is COc1cc(C)nc(C)c1NCc1ncn(-c2ccccc2)n1. The van der Waals surface area contributed by atoms with E-state index in [1.807, 2.05) is 50.2 Å². The summed E-state index contributed by atoms with van der Waals surface area (Å²) in [5, 5.41) is 7.80. The molecule has 0 bridgehead atoms. The second-order valence-corrected chi connectivity index (χ2v) is 5.22. The van der Waals surface area contributed by atoms with Crippen molar-refractivity contribution in [2.24, 2.45) is 0 Å². The lowest BCUT2D eigenvalue weighted by Crippen LogP contribution is -2.07. The highest BCUT2D eigenvalue weighted by atomic mass is 16.5. The van der Waals surface area contributed by atoms with Gasteiger partial charge in [0.1, 0.15) is 12.1 Å². The molecule has 23 heavy (non-hydrogen) atoms. The van der Waals surface area contributed by atoms with Gasteiger partial charge in [0.05, 0.1) is 30.7 Å². The number of nitrogens with zero attached hydrogens (tertiary/aromatic N) is 4. The van der Waals surface area contributed by atoms with Crippen molar-refractivity contribution in [2.45, 2.75) is 20.4 Å². The molecule has 6 nitrogen and oxygen atoms in total. The summed E-state index contributed by atoms with van der Waals surface area (Å²) in [5.41, 5.74) is 3.67. The maximum absolute atomic E-state index is 5.42. The molecule has 0 radical (unpaired) electrons. The molecule has 0 atom stereocenters. The fourth-order valence-electron chi connectivity index (χ4n) is 2.42. The summed E-state index contributed by atoms with van der Waals surface area (Å²) in [6.07, 6.45) is 1.71. The minimum Gasteiger partial charge on any atom is -0.494 e. The summed E-state index contributed by atoms with van der Waals surface area (Å²) in [6, 6.07) is 11.8. The molecule has 2 aromatic heterocycles. The minimum absolute atomic E-state index is 0.502. The molecular formula is C17H19N5O. The summed E-state index contributed by atoms with van der Waals surface area (Å²) < 4.78 is 7.18. The normalized spacial score (nSPS) is 10.6. The fraction of sp³-hybridized carbons (Fsp3) is 0.235. The molecule has 3 aromatic rings. The summed E-state index contributed by atoms with van der Waals surface area (Å²) in [6.45, 7) is 4.40. The van der Waals surface area contributed by atoms with Gasteiger partial charge in [0.15, 0.2) is 5.82 Å². The Balaban J connectivity index is 1.76. The molecular weight excluding hydrogens is 290 g/mol. The first-order chi connectivity index (χ1) is 11.2. The number of hydrogen-bond donors (Lipinski definition) is 1. The third kappa shape index (κ3) is 3.31.